The van der Waals surface area contributed by atoms with Gasteiger partial charge in [-0.3, -0.25) is 4.79 Å². The lowest BCUT2D eigenvalue weighted by Gasteiger charge is -2.50. The van der Waals surface area contributed by atoms with Crippen LogP contribution in [0.4, 0.5) is 17.8 Å². The van der Waals surface area contributed by atoms with Gasteiger partial charge in [0.05, 0.1) is 6.61 Å². The van der Waals surface area contributed by atoms with Gasteiger partial charge in [0.1, 0.15) is 6.54 Å². The van der Waals surface area contributed by atoms with E-state index in [9.17, 15) is 4.79 Å². The van der Waals surface area contributed by atoms with Gasteiger partial charge in [0.2, 0.25) is 17.8 Å². The van der Waals surface area contributed by atoms with E-state index >= 15 is 0 Å². The molecule has 10 heteroatoms. The van der Waals surface area contributed by atoms with Crippen molar-refractivity contribution in [3.8, 4) is 0 Å². The van der Waals surface area contributed by atoms with E-state index in [0.717, 1.165) is 64.5 Å². The molecule has 0 aliphatic carbocycles. The summed E-state index contributed by atoms with van der Waals surface area (Å²) in [6.45, 7) is 26.7. The van der Waals surface area contributed by atoms with Crippen molar-refractivity contribution < 1.29 is 9.53 Å². The van der Waals surface area contributed by atoms with Gasteiger partial charge < -0.3 is 30.5 Å². The number of aromatic nitrogens is 3. The molecule has 2 saturated heterocycles. The van der Waals surface area contributed by atoms with Crippen molar-refractivity contribution in [2.75, 3.05) is 41.4 Å². The number of nitrogens with zero attached hydrogens (tertiary/aromatic N) is 5. The topological polar surface area (TPSA) is 108 Å². The first kappa shape index (κ1) is 35.3. The van der Waals surface area contributed by atoms with Crippen molar-refractivity contribution in [2.24, 2.45) is 0 Å². The van der Waals surface area contributed by atoms with Gasteiger partial charge in [-0.2, -0.15) is 15.0 Å². The Morgan fingerprint density at radius 1 is 0.744 bits per heavy atom. The molecule has 0 amide bonds. The normalized spacial score (nSPS) is 21.3. The molecule has 1 aromatic heterocycles. The van der Waals surface area contributed by atoms with Crippen LogP contribution in [0.3, 0.4) is 0 Å². The number of hydrogen-bond donors (Lipinski definition) is 3. The maximum Gasteiger partial charge on any atom is 0.325 e. The average molecular weight is 603 g/mol. The summed E-state index contributed by atoms with van der Waals surface area (Å²) in [5, 5.41) is 10.9. The van der Waals surface area contributed by atoms with Crippen molar-refractivity contribution in [3.05, 3.63) is 0 Å². The number of unbranched alkanes of at least 4 members (excludes halogenated alkanes) is 2. The SMILES string of the molecule is CCCCN(c1nc(NCC(=O)OCC)nc(N(CCCC)C2CC(C)(C)NC(C)(C)C2)n1)C1CC(C)(C)NC(C)(C)C1. The molecule has 0 unspecified atom stereocenters. The third-order valence-corrected chi connectivity index (χ3v) is 8.55. The minimum atomic E-state index is -0.319. The number of rotatable bonds is 14. The Morgan fingerprint density at radius 3 is 1.49 bits per heavy atom. The van der Waals surface area contributed by atoms with E-state index in [1.807, 2.05) is 6.92 Å². The highest BCUT2D eigenvalue weighted by Crippen LogP contribution is 2.36. The molecular weight excluding hydrogens is 540 g/mol. The standard InChI is InChI=1S/C33H62N8O2/c1-12-15-17-40(24-19-30(4,5)38-31(6,7)20-24)28-35-27(34-23-26(42)43-14-3)36-29(37-28)41(18-16-13-2)25-21-32(8,9)39-33(10,11)22-25/h24-25,38-39H,12-23H2,1-11H3,(H,34,35,36,37). The maximum absolute atomic E-state index is 12.3. The molecule has 2 aliphatic rings. The molecule has 0 radical (unpaired) electrons. The van der Waals surface area contributed by atoms with E-state index in [2.05, 4.69) is 95.0 Å². The Bertz CT molecular complexity index is 957. The van der Waals surface area contributed by atoms with Gasteiger partial charge in [0.25, 0.3) is 0 Å². The Kier molecular flexibility index (Phi) is 11.7. The number of ether oxygens (including phenoxy) is 1. The third-order valence-electron chi connectivity index (χ3n) is 8.55. The average Bonchev–Trinajstić information content (AvgIpc) is 2.84. The van der Waals surface area contributed by atoms with Crippen LogP contribution in [0, 0.1) is 0 Å². The Balaban J connectivity index is 2.11. The van der Waals surface area contributed by atoms with Crippen LogP contribution in [0.5, 0.6) is 0 Å². The lowest BCUT2D eigenvalue weighted by atomic mass is 9.79. The van der Waals surface area contributed by atoms with Crippen molar-refractivity contribution >= 4 is 23.8 Å². The van der Waals surface area contributed by atoms with E-state index in [-0.39, 0.29) is 46.8 Å². The largest absolute Gasteiger partial charge is 0.465 e. The second-order valence-corrected chi connectivity index (χ2v) is 15.4. The van der Waals surface area contributed by atoms with Gasteiger partial charge in [0.15, 0.2) is 0 Å². The molecule has 246 valence electrons. The lowest BCUT2D eigenvalue weighted by molar-refractivity contribution is -0.140. The van der Waals surface area contributed by atoms with E-state index in [0.29, 0.717) is 24.5 Å². The summed E-state index contributed by atoms with van der Waals surface area (Å²) in [6.07, 6.45) is 8.23. The molecule has 3 N–H and O–H groups in total. The van der Waals surface area contributed by atoms with Crippen molar-refractivity contribution in [2.45, 2.75) is 162 Å². The molecule has 0 aromatic carbocycles. The monoisotopic (exact) mass is 602 g/mol. The van der Waals surface area contributed by atoms with Crippen LogP contribution in [-0.4, -0.2) is 81.4 Å². The molecule has 43 heavy (non-hydrogen) atoms. The summed E-state index contributed by atoms with van der Waals surface area (Å²) < 4.78 is 5.20. The first-order chi connectivity index (χ1) is 20.0. The molecular formula is C33H62N8O2. The fourth-order valence-corrected chi connectivity index (χ4v) is 7.58. The zero-order valence-electron chi connectivity index (χ0n) is 29.2. The van der Waals surface area contributed by atoms with Crippen molar-refractivity contribution in [1.82, 2.24) is 25.6 Å². The fourth-order valence-electron chi connectivity index (χ4n) is 7.58. The number of hydrogen-bond acceptors (Lipinski definition) is 10. The molecule has 3 rings (SSSR count). The van der Waals surface area contributed by atoms with Gasteiger partial charge in [-0.25, -0.2) is 0 Å². The zero-order valence-corrected chi connectivity index (χ0v) is 29.2. The Morgan fingerprint density at radius 2 is 1.14 bits per heavy atom. The number of anilines is 3. The third kappa shape index (κ3) is 10.4. The molecule has 0 atom stereocenters. The zero-order chi connectivity index (χ0) is 32.1. The highest BCUT2D eigenvalue weighted by Gasteiger charge is 2.42. The molecule has 0 spiro atoms. The molecule has 1 aromatic rings. The maximum atomic E-state index is 12.3. The van der Waals surface area contributed by atoms with E-state index < -0.39 is 0 Å². The molecule has 2 aliphatic heterocycles. The van der Waals surface area contributed by atoms with Crippen LogP contribution in [0.1, 0.15) is 128 Å². The molecule has 0 saturated carbocycles. The summed E-state index contributed by atoms with van der Waals surface area (Å²) >= 11 is 0. The molecule has 2 fully saturated rings. The number of carbonyl (C=O) groups excluding carboxylic acids is 1. The van der Waals surface area contributed by atoms with Gasteiger partial charge >= 0.3 is 5.97 Å². The Labute approximate surface area is 261 Å². The first-order valence-electron chi connectivity index (χ1n) is 16.8. The van der Waals surface area contributed by atoms with Crippen molar-refractivity contribution in [1.29, 1.82) is 0 Å². The van der Waals surface area contributed by atoms with Gasteiger partial charge in [0, 0.05) is 47.3 Å². The first-order valence-corrected chi connectivity index (χ1v) is 16.8. The van der Waals surface area contributed by atoms with Gasteiger partial charge in [-0.1, -0.05) is 26.7 Å². The molecule has 3 heterocycles. The predicted molar refractivity (Wildman–Crippen MR) is 178 cm³/mol. The van der Waals surface area contributed by atoms with Crippen LogP contribution in [0.2, 0.25) is 0 Å². The van der Waals surface area contributed by atoms with E-state index in [1.54, 1.807) is 0 Å². The molecule has 0 bridgehead atoms. The minimum Gasteiger partial charge on any atom is -0.465 e. The highest BCUT2D eigenvalue weighted by atomic mass is 16.5. The van der Waals surface area contributed by atoms with Crippen LogP contribution in [-0.2, 0) is 9.53 Å². The second kappa shape index (κ2) is 14.3. The lowest BCUT2D eigenvalue weighted by Crippen LogP contribution is -2.63. The smallest absolute Gasteiger partial charge is 0.325 e. The van der Waals surface area contributed by atoms with Gasteiger partial charge in [-0.05, 0) is 101 Å². The van der Waals surface area contributed by atoms with Crippen molar-refractivity contribution in [3.63, 3.8) is 0 Å². The predicted octanol–water partition coefficient (Wildman–Crippen LogP) is 5.68. The highest BCUT2D eigenvalue weighted by molar-refractivity contribution is 5.74. The van der Waals surface area contributed by atoms with Crippen LogP contribution in [0.25, 0.3) is 0 Å². The van der Waals surface area contributed by atoms with Crippen LogP contribution < -0.4 is 25.8 Å². The number of carbonyl (C=O) groups is 1. The quantitative estimate of drug-likeness (QED) is 0.230. The Hall–Kier alpha value is -2.20. The van der Waals surface area contributed by atoms with Crippen LogP contribution in [0.15, 0.2) is 0 Å². The number of esters is 1. The number of piperidine rings is 2. The van der Waals surface area contributed by atoms with E-state index in [4.69, 9.17) is 19.7 Å². The minimum absolute atomic E-state index is 0.0154. The summed E-state index contributed by atoms with van der Waals surface area (Å²) in [4.78, 5) is 32.4. The summed E-state index contributed by atoms with van der Waals surface area (Å²) in [5.74, 6) is 1.49. The molecule has 10 nitrogen and oxygen atoms in total. The van der Waals surface area contributed by atoms with Gasteiger partial charge in [-0.15, -0.1) is 0 Å². The second-order valence-electron chi connectivity index (χ2n) is 15.4. The summed E-state index contributed by atoms with van der Waals surface area (Å²) in [6, 6.07) is 0.540. The van der Waals surface area contributed by atoms with E-state index in [1.165, 1.54) is 0 Å². The summed E-state index contributed by atoms with van der Waals surface area (Å²) in [7, 11) is 0. The summed E-state index contributed by atoms with van der Waals surface area (Å²) in [5.41, 5.74) is -0.0668. The fraction of sp³-hybridized carbons (Fsp3) is 0.879. The number of nitrogens with one attached hydrogen (secondary N) is 3. The van der Waals surface area contributed by atoms with Crippen LogP contribution >= 0.6 is 0 Å².